The van der Waals surface area contributed by atoms with Crippen LogP contribution in [0.15, 0.2) is 42.5 Å². The van der Waals surface area contributed by atoms with E-state index >= 15 is 0 Å². The molecule has 6 nitrogen and oxygen atoms in total. The Hall–Kier alpha value is -2.35. The number of nitrogens with one attached hydrogen (secondary N) is 2. The van der Waals surface area contributed by atoms with Crippen molar-refractivity contribution in [2.24, 2.45) is 0 Å². The van der Waals surface area contributed by atoms with Crippen LogP contribution in [0.3, 0.4) is 0 Å². The Kier molecular flexibility index (Phi) is 6.58. The van der Waals surface area contributed by atoms with Crippen LogP contribution in [-0.4, -0.2) is 23.6 Å². The summed E-state index contributed by atoms with van der Waals surface area (Å²) in [5.74, 6) is -1.52. The lowest BCUT2D eigenvalue weighted by Gasteiger charge is -2.13. The molecule has 0 bridgehead atoms. The maximum Gasteiger partial charge on any atom is 0.264 e. The molecule has 25 heavy (non-hydrogen) atoms. The molecule has 0 atom stereocenters. The first-order valence-electron chi connectivity index (χ1n) is 6.86. The van der Waals surface area contributed by atoms with E-state index in [9.17, 15) is 14.7 Å². The highest BCUT2D eigenvalue weighted by atomic mass is 35.5. The van der Waals surface area contributed by atoms with E-state index in [0.717, 1.165) is 0 Å². The second-order valence-corrected chi connectivity index (χ2v) is 5.93. The van der Waals surface area contributed by atoms with Crippen molar-refractivity contribution in [1.29, 1.82) is 0 Å². The number of thiocarbonyl (C=S) groups is 1. The molecule has 0 aliphatic rings. The zero-order chi connectivity index (χ0) is 18.4. The zero-order valence-electron chi connectivity index (χ0n) is 12.5. The number of aromatic carboxylic acids is 1. The van der Waals surface area contributed by atoms with Crippen molar-refractivity contribution in [3.63, 3.8) is 0 Å². The molecular weight excluding hydrogens is 387 g/mol. The Bertz CT molecular complexity index is 830. The third-order valence-electron chi connectivity index (χ3n) is 2.90. The Morgan fingerprint density at radius 3 is 2.52 bits per heavy atom. The van der Waals surface area contributed by atoms with Gasteiger partial charge in [-0.15, -0.1) is 0 Å². The highest BCUT2D eigenvalue weighted by Gasteiger charge is 2.10. The molecule has 130 valence electrons. The normalized spacial score (nSPS) is 10.0. The molecule has 0 saturated carbocycles. The lowest BCUT2D eigenvalue weighted by Crippen LogP contribution is -2.37. The second-order valence-electron chi connectivity index (χ2n) is 4.70. The Balaban J connectivity index is 1.92. The van der Waals surface area contributed by atoms with Gasteiger partial charge in [-0.05, 0) is 42.0 Å². The van der Waals surface area contributed by atoms with E-state index in [0.29, 0.717) is 10.8 Å². The number of rotatable bonds is 5. The van der Waals surface area contributed by atoms with E-state index in [4.69, 9.17) is 40.2 Å². The number of carbonyl (C=O) groups is 2. The molecule has 0 aromatic heterocycles. The summed E-state index contributed by atoms with van der Waals surface area (Å²) < 4.78 is 5.28. The summed E-state index contributed by atoms with van der Waals surface area (Å²) in [6.45, 7) is -0.307. The third-order valence-corrected chi connectivity index (χ3v) is 3.74. The smallest absolute Gasteiger partial charge is 0.264 e. The highest BCUT2D eigenvalue weighted by Crippen LogP contribution is 2.23. The minimum atomic E-state index is -1.36. The fourth-order valence-corrected chi connectivity index (χ4v) is 2.35. The Morgan fingerprint density at radius 2 is 1.84 bits per heavy atom. The monoisotopic (exact) mass is 397 g/mol. The summed E-state index contributed by atoms with van der Waals surface area (Å²) >= 11 is 16.9. The summed E-state index contributed by atoms with van der Waals surface area (Å²) in [5.41, 5.74) is 0.142. The average molecular weight is 398 g/mol. The predicted octanol–water partition coefficient (Wildman–Crippen LogP) is 2.25. The number of benzene rings is 2. The zero-order valence-corrected chi connectivity index (χ0v) is 14.9. The van der Waals surface area contributed by atoms with Crippen LogP contribution in [0.5, 0.6) is 5.75 Å². The van der Waals surface area contributed by atoms with Crippen LogP contribution in [0.1, 0.15) is 10.4 Å². The molecule has 1 amide bonds. The minimum absolute atomic E-state index is 0.0647. The first-order chi connectivity index (χ1) is 11.9. The third kappa shape index (κ3) is 5.60. The first-order valence-corrected chi connectivity index (χ1v) is 8.02. The molecular formula is C16H11Cl2N2O4S-. The quantitative estimate of drug-likeness (QED) is 0.751. The van der Waals surface area contributed by atoms with Gasteiger partial charge in [0, 0.05) is 0 Å². The van der Waals surface area contributed by atoms with Crippen LogP contribution >= 0.6 is 35.4 Å². The van der Waals surface area contributed by atoms with Gasteiger partial charge in [0.2, 0.25) is 0 Å². The number of para-hydroxylation sites is 1. The molecule has 0 heterocycles. The molecule has 2 aromatic carbocycles. The number of halogens is 2. The molecule has 0 fully saturated rings. The number of hydrogen-bond acceptors (Lipinski definition) is 5. The lowest BCUT2D eigenvalue weighted by molar-refractivity contribution is -0.255. The number of carboxylic acids is 1. The van der Waals surface area contributed by atoms with Crippen molar-refractivity contribution in [3.8, 4) is 5.75 Å². The maximum absolute atomic E-state index is 11.8. The minimum Gasteiger partial charge on any atom is -0.545 e. The lowest BCUT2D eigenvalue weighted by atomic mass is 10.2. The number of amides is 1. The van der Waals surface area contributed by atoms with Crippen molar-refractivity contribution in [2.75, 3.05) is 11.9 Å². The van der Waals surface area contributed by atoms with Crippen molar-refractivity contribution in [2.45, 2.75) is 0 Å². The summed E-state index contributed by atoms with van der Waals surface area (Å²) in [7, 11) is 0. The van der Waals surface area contributed by atoms with E-state index < -0.39 is 11.9 Å². The van der Waals surface area contributed by atoms with E-state index in [2.05, 4.69) is 10.6 Å². The number of anilines is 1. The molecule has 2 N–H and O–H groups in total. The van der Waals surface area contributed by atoms with Crippen LogP contribution in [0.2, 0.25) is 10.0 Å². The number of hydrogen-bond donors (Lipinski definition) is 2. The molecule has 0 aliphatic carbocycles. The average Bonchev–Trinajstić information content (AvgIpc) is 2.55. The molecule has 0 unspecified atom stereocenters. The Labute approximate surface area is 158 Å². The van der Waals surface area contributed by atoms with Gasteiger partial charge in [-0.1, -0.05) is 41.4 Å². The van der Waals surface area contributed by atoms with E-state index in [-0.39, 0.29) is 28.0 Å². The predicted molar refractivity (Wildman–Crippen MR) is 97.1 cm³/mol. The van der Waals surface area contributed by atoms with Gasteiger partial charge in [-0.3, -0.25) is 10.1 Å². The van der Waals surface area contributed by atoms with Crippen LogP contribution in [0.25, 0.3) is 0 Å². The second kappa shape index (κ2) is 8.66. The molecule has 2 rings (SSSR count). The van der Waals surface area contributed by atoms with Gasteiger partial charge in [0.15, 0.2) is 11.7 Å². The van der Waals surface area contributed by atoms with Crippen molar-refractivity contribution in [1.82, 2.24) is 5.32 Å². The van der Waals surface area contributed by atoms with Crippen LogP contribution in [0, 0.1) is 0 Å². The van der Waals surface area contributed by atoms with Gasteiger partial charge in [0.1, 0.15) is 5.75 Å². The van der Waals surface area contributed by atoms with Gasteiger partial charge in [-0.2, -0.15) is 0 Å². The van der Waals surface area contributed by atoms with E-state index in [1.165, 1.54) is 18.2 Å². The SMILES string of the molecule is O=C(COc1ccccc1Cl)NC(=S)Nc1cc(C(=O)[O-])ccc1Cl. The first kappa shape index (κ1) is 19.0. The largest absolute Gasteiger partial charge is 0.545 e. The van der Waals surface area contributed by atoms with Crippen LogP contribution in [-0.2, 0) is 4.79 Å². The van der Waals surface area contributed by atoms with Gasteiger partial charge in [-0.25, -0.2) is 0 Å². The Morgan fingerprint density at radius 1 is 1.12 bits per heavy atom. The number of carboxylic acid groups (broad SMARTS) is 1. The summed E-state index contributed by atoms with van der Waals surface area (Å²) in [6.07, 6.45) is 0. The summed E-state index contributed by atoms with van der Waals surface area (Å²) in [4.78, 5) is 22.7. The molecule has 2 aromatic rings. The molecule has 0 saturated heterocycles. The summed E-state index contributed by atoms with van der Waals surface area (Å²) in [6, 6.07) is 10.6. The van der Waals surface area contributed by atoms with Gasteiger partial charge < -0.3 is 20.0 Å². The highest BCUT2D eigenvalue weighted by molar-refractivity contribution is 7.80. The van der Waals surface area contributed by atoms with Crippen LogP contribution < -0.4 is 20.5 Å². The molecule has 0 spiro atoms. The van der Waals surface area contributed by atoms with Gasteiger partial charge in [0.05, 0.1) is 21.7 Å². The standard InChI is InChI=1S/C16H12Cl2N2O4S/c17-10-6-5-9(15(22)23)7-12(10)19-16(25)20-14(21)8-24-13-4-2-1-3-11(13)18/h1-7H,8H2,(H,22,23)(H2,19,20,21,25)/p-1. The van der Waals surface area contributed by atoms with Crippen molar-refractivity contribution in [3.05, 3.63) is 58.1 Å². The molecule has 0 aliphatic heterocycles. The van der Waals surface area contributed by atoms with Gasteiger partial charge >= 0.3 is 0 Å². The van der Waals surface area contributed by atoms with Crippen molar-refractivity contribution < 1.29 is 19.4 Å². The van der Waals surface area contributed by atoms with Crippen molar-refractivity contribution >= 4 is 58.1 Å². The topological polar surface area (TPSA) is 90.5 Å². The van der Waals surface area contributed by atoms with Crippen LogP contribution in [0.4, 0.5) is 5.69 Å². The van der Waals surface area contributed by atoms with E-state index in [1.807, 2.05) is 0 Å². The summed E-state index contributed by atoms with van der Waals surface area (Å²) in [5, 5.41) is 16.4. The van der Waals surface area contributed by atoms with E-state index in [1.54, 1.807) is 24.3 Å². The fraction of sp³-hybridized carbons (Fsp3) is 0.0625. The van der Waals surface area contributed by atoms with Gasteiger partial charge in [0.25, 0.3) is 5.91 Å². The molecule has 9 heteroatoms. The number of carbonyl (C=O) groups excluding carboxylic acids is 2. The number of ether oxygens (including phenoxy) is 1. The maximum atomic E-state index is 11.8. The fourth-order valence-electron chi connectivity index (χ4n) is 1.77. The molecule has 0 radical (unpaired) electrons.